The molecule has 4 heterocycles. The summed E-state index contributed by atoms with van der Waals surface area (Å²) in [6.07, 6.45) is 7.61. The minimum atomic E-state index is -0.128. The fourth-order valence-electron chi connectivity index (χ4n) is 4.92. The van der Waals surface area contributed by atoms with Crippen molar-refractivity contribution in [1.29, 1.82) is 0 Å². The summed E-state index contributed by atoms with van der Waals surface area (Å²) in [5.41, 5.74) is 4.15. The smallest absolute Gasteiger partial charge is 0.174 e. The number of aromatic nitrogens is 3. The SMILES string of the molecule is COc1ccc(Oc2ccc(N3C(=S)NC(c4ccccn4)C3c3cccn3Cc3cccnc3)cc2)cc1. The van der Waals surface area contributed by atoms with E-state index in [0.29, 0.717) is 11.7 Å². The molecule has 7 nitrogen and oxygen atoms in total. The van der Waals surface area contributed by atoms with Crippen molar-refractivity contribution in [1.82, 2.24) is 19.9 Å². The third-order valence-electron chi connectivity index (χ3n) is 6.75. The molecule has 0 spiro atoms. The van der Waals surface area contributed by atoms with Gasteiger partial charge in [0.1, 0.15) is 23.3 Å². The van der Waals surface area contributed by atoms with Crippen LogP contribution in [0.1, 0.15) is 29.0 Å². The van der Waals surface area contributed by atoms with E-state index in [1.165, 1.54) is 0 Å². The van der Waals surface area contributed by atoms with Crippen molar-refractivity contribution in [2.24, 2.45) is 0 Å². The normalized spacial score (nSPS) is 16.6. The van der Waals surface area contributed by atoms with E-state index >= 15 is 0 Å². The van der Waals surface area contributed by atoms with E-state index in [1.807, 2.05) is 85.2 Å². The Hall–Kier alpha value is -4.69. The van der Waals surface area contributed by atoms with Gasteiger partial charge in [-0.25, -0.2) is 0 Å². The number of ether oxygens (including phenoxy) is 2. The molecule has 39 heavy (non-hydrogen) atoms. The van der Waals surface area contributed by atoms with Crippen LogP contribution < -0.4 is 19.7 Å². The summed E-state index contributed by atoms with van der Waals surface area (Å²) >= 11 is 5.91. The van der Waals surface area contributed by atoms with E-state index in [-0.39, 0.29) is 12.1 Å². The molecule has 1 aliphatic heterocycles. The summed E-state index contributed by atoms with van der Waals surface area (Å²) < 4.78 is 13.5. The third-order valence-corrected chi connectivity index (χ3v) is 7.07. The standard InChI is InChI=1S/C31H27N5O2S/c1-37-24-13-15-26(16-14-24)38-25-11-9-23(10-12-25)36-30(29(34-31(36)39)27-7-2-3-18-33-27)28-8-5-19-35(28)21-22-6-4-17-32-20-22/h2-20,29-30H,21H2,1H3,(H,34,39). The van der Waals surface area contributed by atoms with Gasteiger partial charge >= 0.3 is 0 Å². The number of thiocarbonyl (C=S) groups is 1. The molecule has 1 saturated heterocycles. The van der Waals surface area contributed by atoms with Crippen molar-refractivity contribution in [3.8, 4) is 17.2 Å². The Morgan fingerprint density at radius 2 is 1.62 bits per heavy atom. The van der Waals surface area contributed by atoms with Gasteiger partial charge < -0.3 is 24.3 Å². The highest BCUT2D eigenvalue weighted by Gasteiger charge is 2.42. The molecule has 1 fully saturated rings. The zero-order valence-corrected chi connectivity index (χ0v) is 22.2. The first-order chi connectivity index (χ1) is 19.2. The number of benzene rings is 2. The van der Waals surface area contributed by atoms with Crippen LogP contribution in [0.25, 0.3) is 0 Å². The van der Waals surface area contributed by atoms with Gasteiger partial charge in [-0.1, -0.05) is 12.1 Å². The number of nitrogens with zero attached hydrogens (tertiary/aromatic N) is 4. The molecule has 0 amide bonds. The minimum Gasteiger partial charge on any atom is -0.497 e. The molecule has 1 aliphatic rings. The van der Waals surface area contributed by atoms with Gasteiger partial charge in [0, 0.05) is 42.7 Å². The molecule has 3 aromatic heterocycles. The maximum Gasteiger partial charge on any atom is 0.174 e. The largest absolute Gasteiger partial charge is 0.497 e. The minimum absolute atomic E-state index is 0.118. The summed E-state index contributed by atoms with van der Waals surface area (Å²) in [6, 6.07) is 29.5. The number of hydrogen-bond donors (Lipinski definition) is 1. The Morgan fingerprint density at radius 3 is 2.31 bits per heavy atom. The first-order valence-corrected chi connectivity index (χ1v) is 13.1. The zero-order chi connectivity index (χ0) is 26.6. The van der Waals surface area contributed by atoms with Crippen LogP contribution in [0.15, 0.2) is 116 Å². The Bertz CT molecular complexity index is 1540. The second-order valence-corrected chi connectivity index (χ2v) is 9.58. The van der Waals surface area contributed by atoms with E-state index < -0.39 is 0 Å². The topological polar surface area (TPSA) is 64.4 Å². The molecule has 5 aromatic rings. The van der Waals surface area contributed by atoms with Crippen molar-refractivity contribution in [2.75, 3.05) is 12.0 Å². The molecule has 8 heteroatoms. The summed E-state index contributed by atoms with van der Waals surface area (Å²) in [4.78, 5) is 11.1. The van der Waals surface area contributed by atoms with Gasteiger partial charge in [0.25, 0.3) is 0 Å². The molecule has 194 valence electrons. The summed E-state index contributed by atoms with van der Waals surface area (Å²) in [7, 11) is 1.65. The van der Waals surface area contributed by atoms with Gasteiger partial charge in [0.15, 0.2) is 5.11 Å². The number of rotatable bonds is 8. The van der Waals surface area contributed by atoms with Crippen LogP contribution in [0.3, 0.4) is 0 Å². The molecule has 0 radical (unpaired) electrons. The second-order valence-electron chi connectivity index (χ2n) is 9.19. The molecular weight excluding hydrogens is 506 g/mol. The quantitative estimate of drug-likeness (QED) is 0.235. The van der Waals surface area contributed by atoms with Gasteiger partial charge in [0.05, 0.1) is 18.8 Å². The van der Waals surface area contributed by atoms with Crippen LogP contribution in [0, 0.1) is 0 Å². The molecule has 0 saturated carbocycles. The molecule has 2 unspecified atom stereocenters. The van der Waals surface area contributed by atoms with Gasteiger partial charge in [-0.2, -0.15) is 0 Å². The van der Waals surface area contributed by atoms with Crippen LogP contribution in [-0.4, -0.2) is 26.8 Å². The predicted octanol–water partition coefficient (Wildman–Crippen LogP) is 6.30. The highest BCUT2D eigenvalue weighted by atomic mass is 32.1. The highest BCUT2D eigenvalue weighted by molar-refractivity contribution is 7.80. The van der Waals surface area contributed by atoms with Crippen LogP contribution in [-0.2, 0) is 6.54 Å². The van der Waals surface area contributed by atoms with E-state index in [4.69, 9.17) is 21.7 Å². The summed E-state index contributed by atoms with van der Waals surface area (Å²) in [5.74, 6) is 2.26. The van der Waals surface area contributed by atoms with Crippen LogP contribution in [0.2, 0.25) is 0 Å². The van der Waals surface area contributed by atoms with Crippen molar-refractivity contribution >= 4 is 23.0 Å². The maximum atomic E-state index is 6.05. The molecule has 6 rings (SSSR count). The van der Waals surface area contributed by atoms with E-state index in [2.05, 4.69) is 49.1 Å². The molecular formula is C31H27N5O2S. The second kappa shape index (κ2) is 11.0. The molecule has 2 atom stereocenters. The number of anilines is 1. The average molecular weight is 534 g/mol. The molecule has 0 aliphatic carbocycles. The van der Waals surface area contributed by atoms with E-state index in [9.17, 15) is 0 Å². The monoisotopic (exact) mass is 533 g/mol. The van der Waals surface area contributed by atoms with Crippen LogP contribution >= 0.6 is 12.2 Å². The van der Waals surface area contributed by atoms with Crippen molar-refractivity contribution < 1.29 is 9.47 Å². The Morgan fingerprint density at radius 1 is 0.846 bits per heavy atom. The number of hydrogen-bond acceptors (Lipinski definition) is 5. The number of nitrogens with one attached hydrogen (secondary N) is 1. The van der Waals surface area contributed by atoms with Gasteiger partial charge in [-0.05, 0) is 96.6 Å². The average Bonchev–Trinajstić information content (AvgIpc) is 3.58. The first kappa shape index (κ1) is 24.6. The maximum absolute atomic E-state index is 6.05. The van der Waals surface area contributed by atoms with Crippen LogP contribution in [0.5, 0.6) is 17.2 Å². The fraction of sp³-hybridized carbons (Fsp3) is 0.129. The predicted molar refractivity (Wildman–Crippen MR) is 155 cm³/mol. The van der Waals surface area contributed by atoms with Crippen molar-refractivity contribution in [3.63, 3.8) is 0 Å². The first-order valence-electron chi connectivity index (χ1n) is 12.7. The molecule has 1 N–H and O–H groups in total. The molecule has 2 aromatic carbocycles. The van der Waals surface area contributed by atoms with E-state index in [0.717, 1.165) is 39.9 Å². The summed E-state index contributed by atoms with van der Waals surface area (Å²) in [5, 5.41) is 4.19. The third kappa shape index (κ3) is 5.19. The lowest BCUT2D eigenvalue weighted by atomic mass is 10.0. The van der Waals surface area contributed by atoms with Gasteiger partial charge in [-0.3, -0.25) is 9.97 Å². The lowest BCUT2D eigenvalue weighted by Crippen LogP contribution is -2.30. The number of methoxy groups -OCH3 is 1. The Kier molecular flexibility index (Phi) is 6.93. The lowest BCUT2D eigenvalue weighted by Gasteiger charge is -2.29. The summed E-state index contributed by atoms with van der Waals surface area (Å²) in [6.45, 7) is 0.705. The van der Waals surface area contributed by atoms with Crippen molar-refractivity contribution in [2.45, 2.75) is 18.6 Å². The zero-order valence-electron chi connectivity index (χ0n) is 21.3. The Balaban J connectivity index is 1.33. The van der Waals surface area contributed by atoms with Crippen molar-refractivity contribution in [3.05, 3.63) is 133 Å². The highest BCUT2D eigenvalue weighted by Crippen LogP contribution is 2.42. The van der Waals surface area contributed by atoms with Gasteiger partial charge in [0.2, 0.25) is 0 Å². The lowest BCUT2D eigenvalue weighted by molar-refractivity contribution is 0.413. The molecule has 0 bridgehead atoms. The van der Waals surface area contributed by atoms with Crippen LogP contribution in [0.4, 0.5) is 5.69 Å². The van der Waals surface area contributed by atoms with Gasteiger partial charge in [-0.15, -0.1) is 0 Å². The fourth-order valence-corrected chi connectivity index (χ4v) is 5.26. The Labute approximate surface area is 232 Å². The number of pyridine rings is 2. The van der Waals surface area contributed by atoms with E-state index in [1.54, 1.807) is 13.3 Å².